The Morgan fingerprint density at radius 3 is 1.50 bits per heavy atom. The average molecular weight is 651 g/mol. The molecule has 0 aromatic carbocycles. The fourth-order valence-corrected chi connectivity index (χ4v) is 4.19. The van der Waals surface area contributed by atoms with E-state index in [1.54, 1.807) is 19.1 Å². The van der Waals surface area contributed by atoms with E-state index in [4.69, 9.17) is 15.2 Å². The quantitative estimate of drug-likeness (QED) is 0.267. The van der Waals surface area contributed by atoms with Crippen LogP contribution in [0.15, 0.2) is 50.6 Å². The summed E-state index contributed by atoms with van der Waals surface area (Å²) in [5.74, 6) is 59.6. The number of allylic oxidation sites excluding steroid dienone is 1. The van der Waals surface area contributed by atoms with Crippen molar-refractivity contribution in [2.75, 3.05) is 6.61 Å². The van der Waals surface area contributed by atoms with Gasteiger partial charge in [0.05, 0.1) is 18.8 Å². The maximum atomic E-state index is 12.5. The number of hydrogen-bond acceptors (Lipinski definition) is 4. The van der Waals surface area contributed by atoms with E-state index in [2.05, 4.69) is 174 Å². The van der Waals surface area contributed by atoms with Crippen LogP contribution in [0.4, 0.5) is 0 Å². The highest BCUT2D eigenvalue weighted by Gasteiger charge is 2.42. The zero-order valence-electron chi connectivity index (χ0n) is 28.1. The number of ether oxygens (including phenoxy) is 2. The van der Waals surface area contributed by atoms with E-state index < -0.39 is 18.2 Å². The molecule has 5 heteroatoms. The Kier molecular flexibility index (Phi) is 22.3. The first-order valence-electron chi connectivity index (χ1n) is 15.2. The molecule has 0 spiro atoms. The lowest BCUT2D eigenvalue weighted by Crippen LogP contribution is -2.52. The van der Waals surface area contributed by atoms with Crippen molar-refractivity contribution in [2.45, 2.75) is 51.2 Å². The summed E-state index contributed by atoms with van der Waals surface area (Å²) in [7, 11) is 0. The van der Waals surface area contributed by atoms with Crippen molar-refractivity contribution in [3.63, 3.8) is 0 Å². The Morgan fingerprint density at radius 1 is 0.700 bits per heavy atom. The second-order valence-electron chi connectivity index (χ2n) is 9.62. The molecule has 1 amide bonds. The van der Waals surface area contributed by atoms with Gasteiger partial charge in [-0.3, -0.25) is 4.79 Å². The highest BCUT2D eigenvalue weighted by Crippen LogP contribution is 2.39. The van der Waals surface area contributed by atoms with Crippen molar-refractivity contribution in [3.8, 4) is 142 Å². The van der Waals surface area contributed by atoms with Crippen LogP contribution in [0, 0.1) is 160 Å². The molecule has 5 nitrogen and oxygen atoms in total. The normalized spacial score (nSPS) is 17.9. The summed E-state index contributed by atoms with van der Waals surface area (Å²) < 4.78 is 12.5. The SMILES string of the molecule is C=CCC1O[C@@H](OC[C@H](NC(=O)C#CC#CC#CC#CC#CC#CC#CC#CC#CC#CC#CC#CC)[C@H](N)CC)C(C=C)[C@@H](C=C)[C@H]1C=C. The van der Waals surface area contributed by atoms with Crippen LogP contribution in [-0.4, -0.2) is 37.0 Å². The standard InChI is InChI=1S/C45H34N2O3/c1-7-13-14-15-16-17-18-19-20-21-22-23-24-25-26-27-28-29-30-31-32-33-34-36-44(48)47-42(41(46)12-6)37-49-45-40(11-5)38(9-3)39(10-4)43(50-45)35-8-2/h8-11,38-43,45H,2-5,12,35,37,46H2,1,6H3,(H,47,48)/t38-,39+,40?,41+,42-,43?,45+/m0/s1. The van der Waals surface area contributed by atoms with Gasteiger partial charge in [-0.1, -0.05) is 37.1 Å². The van der Waals surface area contributed by atoms with Crippen LogP contribution < -0.4 is 11.1 Å². The molecule has 1 saturated heterocycles. The van der Waals surface area contributed by atoms with E-state index in [-0.39, 0.29) is 36.5 Å². The van der Waals surface area contributed by atoms with Gasteiger partial charge in [0, 0.05) is 59.3 Å². The smallest absolute Gasteiger partial charge is 0.297 e. The van der Waals surface area contributed by atoms with Crippen molar-refractivity contribution in [2.24, 2.45) is 23.5 Å². The van der Waals surface area contributed by atoms with E-state index in [0.717, 1.165) is 0 Å². The predicted octanol–water partition coefficient (Wildman–Crippen LogP) is 2.99. The lowest BCUT2D eigenvalue weighted by atomic mass is 9.75. The average Bonchev–Trinajstić information content (AvgIpc) is 3.12. The molecule has 7 atom stereocenters. The molecule has 1 heterocycles. The van der Waals surface area contributed by atoms with Crippen molar-refractivity contribution in [3.05, 3.63) is 50.6 Å². The molecule has 2 unspecified atom stereocenters. The summed E-state index contributed by atoms with van der Waals surface area (Å²) in [5.41, 5.74) is 6.29. The molecule has 242 valence electrons. The first-order chi connectivity index (χ1) is 24.5. The topological polar surface area (TPSA) is 73.6 Å². The summed E-state index contributed by atoms with van der Waals surface area (Å²) in [6, 6.07) is -0.904. The number of rotatable bonds is 11. The summed E-state index contributed by atoms with van der Waals surface area (Å²) in [6.45, 7) is 19.5. The fraction of sp³-hybridized carbons (Fsp3) is 0.267. The Bertz CT molecular complexity index is 2070. The molecule has 1 aliphatic heterocycles. The second kappa shape index (κ2) is 27.2. The highest BCUT2D eigenvalue weighted by molar-refractivity contribution is 5.94. The maximum Gasteiger partial charge on any atom is 0.297 e. The van der Waals surface area contributed by atoms with Gasteiger partial charge in [-0.15, -0.1) is 26.3 Å². The zero-order chi connectivity index (χ0) is 36.7. The fourth-order valence-electron chi connectivity index (χ4n) is 4.19. The molecule has 1 rings (SSSR count). The molecule has 50 heavy (non-hydrogen) atoms. The van der Waals surface area contributed by atoms with Crippen molar-refractivity contribution in [1.82, 2.24) is 5.32 Å². The van der Waals surface area contributed by atoms with Crippen LogP contribution in [0.2, 0.25) is 0 Å². The zero-order valence-corrected chi connectivity index (χ0v) is 28.1. The van der Waals surface area contributed by atoms with Gasteiger partial charge in [-0.25, -0.2) is 0 Å². The van der Waals surface area contributed by atoms with Crippen LogP contribution in [0.3, 0.4) is 0 Å². The second-order valence-corrected chi connectivity index (χ2v) is 9.62. The van der Waals surface area contributed by atoms with E-state index in [1.807, 2.05) is 19.1 Å². The number of amides is 1. The molecule has 0 aromatic rings. The number of carbonyl (C=O) groups excluding carboxylic acids is 1. The largest absolute Gasteiger partial charge is 0.350 e. The summed E-state index contributed by atoms with van der Waals surface area (Å²) >= 11 is 0. The van der Waals surface area contributed by atoms with Crippen LogP contribution in [0.25, 0.3) is 0 Å². The predicted molar refractivity (Wildman–Crippen MR) is 200 cm³/mol. The third kappa shape index (κ3) is 17.1. The third-order valence-electron chi connectivity index (χ3n) is 6.52. The van der Waals surface area contributed by atoms with Gasteiger partial charge in [0.1, 0.15) is 0 Å². The maximum absolute atomic E-state index is 12.5. The molecule has 0 aromatic heterocycles. The number of nitrogens with two attached hydrogens (primary N) is 1. The highest BCUT2D eigenvalue weighted by atomic mass is 16.7. The number of hydrogen-bond donors (Lipinski definition) is 2. The minimum atomic E-state index is -0.617. The van der Waals surface area contributed by atoms with Gasteiger partial charge in [0.15, 0.2) is 6.29 Å². The van der Waals surface area contributed by atoms with E-state index in [9.17, 15) is 4.79 Å². The lowest BCUT2D eigenvalue weighted by molar-refractivity contribution is -0.235. The molecule has 0 radical (unpaired) electrons. The van der Waals surface area contributed by atoms with Crippen LogP contribution in [0.1, 0.15) is 26.7 Å². The third-order valence-corrected chi connectivity index (χ3v) is 6.52. The Morgan fingerprint density at radius 2 is 1.12 bits per heavy atom. The molecule has 1 aliphatic rings. The van der Waals surface area contributed by atoms with Gasteiger partial charge in [-0.05, 0) is 120 Å². The number of nitrogens with one attached hydrogen (secondary N) is 1. The van der Waals surface area contributed by atoms with Crippen molar-refractivity contribution >= 4 is 5.91 Å². The van der Waals surface area contributed by atoms with Crippen LogP contribution >= 0.6 is 0 Å². The van der Waals surface area contributed by atoms with Crippen molar-refractivity contribution < 1.29 is 14.3 Å². The minimum absolute atomic E-state index is 0.0108. The molecule has 0 aliphatic carbocycles. The first-order valence-corrected chi connectivity index (χ1v) is 15.2. The number of carbonyl (C=O) groups is 1. The monoisotopic (exact) mass is 650 g/mol. The summed E-state index contributed by atoms with van der Waals surface area (Å²) in [6.07, 6.45) is 7.76. The molecule has 3 N–H and O–H groups in total. The van der Waals surface area contributed by atoms with Crippen molar-refractivity contribution in [1.29, 1.82) is 0 Å². The molecule has 0 bridgehead atoms. The molecule has 1 fully saturated rings. The van der Waals surface area contributed by atoms with Gasteiger partial charge in [0.2, 0.25) is 0 Å². The van der Waals surface area contributed by atoms with Gasteiger partial charge >= 0.3 is 0 Å². The Labute approximate surface area is 298 Å². The Hall–Kier alpha value is -6.97. The minimum Gasteiger partial charge on any atom is -0.350 e. The summed E-state index contributed by atoms with van der Waals surface area (Å²) in [4.78, 5) is 12.5. The molecule has 0 saturated carbocycles. The lowest BCUT2D eigenvalue weighted by Gasteiger charge is -2.44. The van der Waals surface area contributed by atoms with Gasteiger partial charge in [0.25, 0.3) is 5.91 Å². The van der Waals surface area contributed by atoms with E-state index in [0.29, 0.717) is 12.8 Å². The van der Waals surface area contributed by atoms with Crippen LogP contribution in [0.5, 0.6) is 0 Å². The Balaban J connectivity index is 2.70. The van der Waals surface area contributed by atoms with E-state index >= 15 is 0 Å². The first kappa shape index (κ1) is 41.1. The van der Waals surface area contributed by atoms with E-state index in [1.165, 1.54) is 0 Å². The molecular weight excluding hydrogens is 617 g/mol. The van der Waals surface area contributed by atoms with Gasteiger partial charge in [-0.2, -0.15) is 0 Å². The molecular formula is C45H34N2O3. The van der Waals surface area contributed by atoms with Gasteiger partial charge < -0.3 is 20.5 Å². The van der Waals surface area contributed by atoms with Crippen LogP contribution in [-0.2, 0) is 14.3 Å². The summed E-state index contributed by atoms with van der Waals surface area (Å²) in [5, 5.41) is 2.81.